The highest BCUT2D eigenvalue weighted by Gasteiger charge is 2.23. The minimum Gasteiger partial charge on any atom is -0.256 e. The van der Waals surface area contributed by atoms with Gasteiger partial charge in [-0.15, -0.1) is 0 Å². The van der Waals surface area contributed by atoms with Gasteiger partial charge in [0, 0.05) is 27.0 Å². The average molecular weight is 404 g/mol. The zero-order chi connectivity index (χ0) is 17.3. The summed E-state index contributed by atoms with van der Waals surface area (Å²) >= 11 is 3.51. The van der Waals surface area contributed by atoms with Crippen molar-refractivity contribution in [2.75, 3.05) is 5.75 Å². The van der Waals surface area contributed by atoms with Crippen LogP contribution >= 0.6 is 15.9 Å². The van der Waals surface area contributed by atoms with Crippen LogP contribution in [0.3, 0.4) is 0 Å². The number of aromatic nitrogens is 1. The monoisotopic (exact) mass is 403 g/mol. The maximum Gasteiger partial charge on any atom is 0.141 e. The van der Waals surface area contributed by atoms with Gasteiger partial charge in [0.1, 0.15) is 10.7 Å². The molecule has 5 heteroatoms. The SMILES string of the molecule is CC(C)(C[SH](=O)=O)c1cc(-c2cccc(Br)c2)c2ncccc2c1. The van der Waals surface area contributed by atoms with Crippen molar-refractivity contribution in [2.45, 2.75) is 19.3 Å². The van der Waals surface area contributed by atoms with Crippen molar-refractivity contribution < 1.29 is 8.42 Å². The van der Waals surface area contributed by atoms with Crippen LogP contribution in [0, 0.1) is 0 Å². The van der Waals surface area contributed by atoms with Crippen LogP contribution in [-0.4, -0.2) is 19.2 Å². The average Bonchev–Trinajstić information content (AvgIpc) is 2.52. The minimum atomic E-state index is -2.45. The van der Waals surface area contributed by atoms with Gasteiger partial charge in [-0.2, -0.15) is 0 Å². The third-order valence-corrected chi connectivity index (χ3v) is 5.69. The molecule has 0 saturated carbocycles. The number of fused-ring (bicyclic) bond motifs is 1. The molecule has 24 heavy (non-hydrogen) atoms. The largest absolute Gasteiger partial charge is 0.256 e. The van der Waals surface area contributed by atoms with E-state index in [1.54, 1.807) is 6.20 Å². The summed E-state index contributed by atoms with van der Waals surface area (Å²) in [5.74, 6) is 0.117. The quantitative estimate of drug-likeness (QED) is 0.649. The number of thiol groups is 1. The lowest BCUT2D eigenvalue weighted by molar-refractivity contribution is 0.562. The smallest absolute Gasteiger partial charge is 0.141 e. The van der Waals surface area contributed by atoms with Crippen LogP contribution in [0.2, 0.25) is 0 Å². The van der Waals surface area contributed by atoms with E-state index in [9.17, 15) is 8.42 Å². The Hall–Kier alpha value is -1.72. The van der Waals surface area contributed by atoms with Gasteiger partial charge in [0.05, 0.1) is 11.3 Å². The van der Waals surface area contributed by atoms with Crippen molar-refractivity contribution in [3.05, 3.63) is 64.8 Å². The van der Waals surface area contributed by atoms with Gasteiger partial charge in [0.15, 0.2) is 0 Å². The molecule has 3 aromatic rings. The van der Waals surface area contributed by atoms with Crippen molar-refractivity contribution in [3.8, 4) is 11.1 Å². The van der Waals surface area contributed by atoms with Crippen molar-refractivity contribution in [2.24, 2.45) is 0 Å². The third kappa shape index (κ3) is 3.52. The standard InChI is InChI=1S/C19H18BrNO2S/c1-19(2,12-24(22)23)15-9-14-6-4-8-21-18(14)17(11-15)13-5-3-7-16(20)10-13/h3-11,24H,12H2,1-2H3. The molecule has 2 aromatic carbocycles. The van der Waals surface area contributed by atoms with Crippen LogP contribution in [0.25, 0.3) is 22.0 Å². The van der Waals surface area contributed by atoms with E-state index < -0.39 is 16.1 Å². The molecule has 0 amide bonds. The maximum absolute atomic E-state index is 11.3. The number of halogens is 1. The van der Waals surface area contributed by atoms with Crippen LogP contribution in [-0.2, 0) is 16.1 Å². The molecule has 0 aliphatic carbocycles. The van der Waals surface area contributed by atoms with E-state index in [-0.39, 0.29) is 5.75 Å². The lowest BCUT2D eigenvalue weighted by Crippen LogP contribution is -2.23. The van der Waals surface area contributed by atoms with Crippen molar-refractivity contribution in [1.29, 1.82) is 0 Å². The molecular formula is C19H18BrNO2S. The summed E-state index contributed by atoms with van der Waals surface area (Å²) in [5.41, 5.74) is 3.52. The molecule has 0 aliphatic heterocycles. The minimum absolute atomic E-state index is 0.117. The summed E-state index contributed by atoms with van der Waals surface area (Å²) in [5, 5.41) is 1.01. The third-order valence-electron chi connectivity index (χ3n) is 4.15. The molecule has 1 heterocycles. The molecule has 0 aliphatic rings. The molecule has 0 bridgehead atoms. The molecule has 0 radical (unpaired) electrons. The highest BCUT2D eigenvalue weighted by Crippen LogP contribution is 2.34. The lowest BCUT2D eigenvalue weighted by atomic mass is 9.84. The fraction of sp³-hybridized carbons (Fsp3) is 0.211. The number of pyridine rings is 1. The van der Waals surface area contributed by atoms with Gasteiger partial charge in [-0.1, -0.05) is 48.0 Å². The Morgan fingerprint density at radius 1 is 1.08 bits per heavy atom. The highest BCUT2D eigenvalue weighted by atomic mass is 79.9. The second kappa shape index (κ2) is 6.65. The lowest BCUT2D eigenvalue weighted by Gasteiger charge is -2.24. The number of hydrogen-bond acceptors (Lipinski definition) is 3. The van der Waals surface area contributed by atoms with Gasteiger partial charge in [0.2, 0.25) is 0 Å². The van der Waals surface area contributed by atoms with E-state index in [4.69, 9.17) is 0 Å². The Morgan fingerprint density at radius 2 is 1.88 bits per heavy atom. The molecule has 124 valence electrons. The summed E-state index contributed by atoms with van der Waals surface area (Å²) in [4.78, 5) is 4.54. The summed E-state index contributed by atoms with van der Waals surface area (Å²) in [6.07, 6.45) is 1.78. The first-order valence-corrected chi connectivity index (χ1v) is 9.79. The molecule has 1 aromatic heterocycles. The Bertz CT molecular complexity index is 972. The molecule has 0 unspecified atom stereocenters. The van der Waals surface area contributed by atoms with Crippen molar-refractivity contribution >= 4 is 37.5 Å². The maximum atomic E-state index is 11.3. The van der Waals surface area contributed by atoms with E-state index >= 15 is 0 Å². The molecule has 3 rings (SSSR count). The Labute approximate surface area is 151 Å². The molecular weight excluding hydrogens is 386 g/mol. The van der Waals surface area contributed by atoms with E-state index in [1.807, 2.05) is 56.3 Å². The van der Waals surface area contributed by atoms with Gasteiger partial charge < -0.3 is 0 Å². The Kier molecular flexibility index (Phi) is 4.74. The predicted molar refractivity (Wildman–Crippen MR) is 103 cm³/mol. The predicted octanol–water partition coefficient (Wildman–Crippen LogP) is 4.55. The first-order valence-electron chi connectivity index (χ1n) is 7.64. The van der Waals surface area contributed by atoms with Gasteiger partial charge >= 0.3 is 0 Å². The van der Waals surface area contributed by atoms with Crippen LogP contribution in [0.15, 0.2) is 59.2 Å². The van der Waals surface area contributed by atoms with Crippen LogP contribution in [0.5, 0.6) is 0 Å². The Balaban J connectivity index is 2.28. The molecule has 0 spiro atoms. The zero-order valence-corrected chi connectivity index (χ0v) is 16.0. The number of rotatable bonds is 4. The van der Waals surface area contributed by atoms with Gasteiger partial charge in [0.25, 0.3) is 0 Å². The van der Waals surface area contributed by atoms with Gasteiger partial charge in [-0.25, -0.2) is 8.42 Å². The normalized spacial score (nSPS) is 12.0. The molecule has 0 N–H and O–H groups in total. The second-order valence-corrected chi connectivity index (χ2v) is 8.38. The fourth-order valence-corrected chi connectivity index (χ4v) is 4.10. The zero-order valence-electron chi connectivity index (χ0n) is 13.5. The summed E-state index contributed by atoms with van der Waals surface area (Å²) < 4.78 is 23.5. The van der Waals surface area contributed by atoms with E-state index in [0.29, 0.717) is 0 Å². The second-order valence-electron chi connectivity index (χ2n) is 6.48. The van der Waals surface area contributed by atoms with E-state index in [0.717, 1.165) is 32.1 Å². The molecule has 3 nitrogen and oxygen atoms in total. The first kappa shape index (κ1) is 17.1. The highest BCUT2D eigenvalue weighted by molar-refractivity contribution is 9.10. The molecule has 0 fully saturated rings. The summed E-state index contributed by atoms with van der Waals surface area (Å²) in [7, 11) is -2.45. The molecule has 0 saturated heterocycles. The summed E-state index contributed by atoms with van der Waals surface area (Å²) in [6, 6.07) is 16.1. The van der Waals surface area contributed by atoms with Crippen LogP contribution in [0.4, 0.5) is 0 Å². The Morgan fingerprint density at radius 3 is 2.58 bits per heavy atom. The summed E-state index contributed by atoms with van der Waals surface area (Å²) in [6.45, 7) is 3.92. The first-order chi connectivity index (χ1) is 11.4. The topological polar surface area (TPSA) is 47.0 Å². The van der Waals surface area contributed by atoms with E-state index in [2.05, 4.69) is 27.0 Å². The van der Waals surface area contributed by atoms with Crippen LogP contribution < -0.4 is 0 Å². The van der Waals surface area contributed by atoms with Crippen molar-refractivity contribution in [3.63, 3.8) is 0 Å². The fourth-order valence-electron chi connectivity index (χ4n) is 2.87. The number of hydrogen-bond donors (Lipinski definition) is 1. The van der Waals surface area contributed by atoms with Gasteiger partial charge in [-0.05, 0) is 41.5 Å². The van der Waals surface area contributed by atoms with E-state index in [1.165, 1.54) is 0 Å². The van der Waals surface area contributed by atoms with Crippen molar-refractivity contribution in [1.82, 2.24) is 4.98 Å². The van der Waals surface area contributed by atoms with Crippen LogP contribution in [0.1, 0.15) is 19.4 Å². The number of nitrogens with zero attached hydrogens (tertiary/aromatic N) is 1. The van der Waals surface area contributed by atoms with Gasteiger partial charge in [-0.3, -0.25) is 4.98 Å². The molecule has 0 atom stereocenters. The number of benzene rings is 2.